The minimum absolute atomic E-state index is 0.0461. The van der Waals surface area contributed by atoms with Gasteiger partial charge in [-0.1, -0.05) is 24.3 Å². The van der Waals surface area contributed by atoms with Gasteiger partial charge in [0, 0.05) is 5.75 Å². The number of carbonyl (C=O) groups excluding carboxylic acids is 2. The van der Waals surface area contributed by atoms with Gasteiger partial charge < -0.3 is 21.3 Å². The van der Waals surface area contributed by atoms with E-state index in [1.54, 1.807) is 19.1 Å². The summed E-state index contributed by atoms with van der Waals surface area (Å²) in [5, 5.41) is 20.9. The number of nitrogens with two attached hydrogens (primary N) is 1. The molecule has 9 heteroatoms. The number of β-lactam (4-membered cyclic amide) rings is 1. The summed E-state index contributed by atoms with van der Waals surface area (Å²) < 4.78 is 0. The van der Waals surface area contributed by atoms with Gasteiger partial charge in [-0.15, -0.1) is 11.8 Å². The van der Waals surface area contributed by atoms with Crippen LogP contribution in [0.2, 0.25) is 0 Å². The Balaban J connectivity index is 1.74. The van der Waals surface area contributed by atoms with Gasteiger partial charge >= 0.3 is 5.97 Å². The number of carbonyl (C=O) groups is 3. The van der Waals surface area contributed by atoms with Gasteiger partial charge in [0.2, 0.25) is 5.91 Å². The number of phenolic OH excluding ortho intramolecular Hbond substituents is 1. The third-order valence-electron chi connectivity index (χ3n) is 4.40. The molecule has 0 bridgehead atoms. The lowest BCUT2D eigenvalue weighted by Gasteiger charge is -2.49. The first-order valence-electron chi connectivity index (χ1n) is 8.24. The SMILES string of the molecule is CC=CC1=C(C(=O)O)N2C(=O)C(NC(=O)[C@H](N)c3ccc(O)cc3)[C@H]2SC1. The second kappa shape index (κ2) is 7.45. The highest BCUT2D eigenvalue weighted by Crippen LogP contribution is 2.40. The van der Waals surface area contributed by atoms with Gasteiger partial charge in [0.1, 0.15) is 28.9 Å². The van der Waals surface area contributed by atoms with E-state index >= 15 is 0 Å². The second-order valence-corrected chi connectivity index (χ2v) is 7.25. The molecule has 0 spiro atoms. The normalized spacial score (nSPS) is 23.0. The molecule has 0 aromatic heterocycles. The Morgan fingerprint density at radius 2 is 2.04 bits per heavy atom. The first-order valence-corrected chi connectivity index (χ1v) is 9.28. The van der Waals surface area contributed by atoms with Crippen LogP contribution in [0.25, 0.3) is 0 Å². The first-order chi connectivity index (χ1) is 12.8. The van der Waals surface area contributed by atoms with Crippen molar-refractivity contribution < 1.29 is 24.6 Å². The monoisotopic (exact) mass is 389 g/mol. The van der Waals surface area contributed by atoms with Crippen LogP contribution in [-0.4, -0.2) is 50.1 Å². The molecule has 2 aliphatic rings. The molecule has 1 saturated heterocycles. The van der Waals surface area contributed by atoms with Gasteiger partial charge in [-0.25, -0.2) is 4.79 Å². The van der Waals surface area contributed by atoms with Crippen molar-refractivity contribution in [3.05, 3.63) is 53.3 Å². The summed E-state index contributed by atoms with van der Waals surface area (Å²) in [5.41, 5.74) is 6.93. The van der Waals surface area contributed by atoms with Crippen molar-refractivity contribution in [1.29, 1.82) is 0 Å². The molecule has 3 atom stereocenters. The van der Waals surface area contributed by atoms with Gasteiger partial charge in [0.15, 0.2) is 0 Å². The fourth-order valence-electron chi connectivity index (χ4n) is 3.05. The van der Waals surface area contributed by atoms with E-state index in [9.17, 15) is 24.6 Å². The number of allylic oxidation sites excluding steroid dienone is 2. The Bertz CT molecular complexity index is 849. The summed E-state index contributed by atoms with van der Waals surface area (Å²) in [6, 6.07) is 4.06. The maximum atomic E-state index is 12.5. The molecule has 142 valence electrons. The average molecular weight is 389 g/mol. The van der Waals surface area contributed by atoms with Crippen LogP contribution >= 0.6 is 11.8 Å². The number of benzene rings is 1. The lowest BCUT2D eigenvalue weighted by molar-refractivity contribution is -0.150. The number of carboxylic acid groups (broad SMARTS) is 1. The minimum Gasteiger partial charge on any atom is -0.508 e. The lowest BCUT2D eigenvalue weighted by Crippen LogP contribution is -2.71. The molecule has 1 aromatic rings. The van der Waals surface area contributed by atoms with E-state index in [0.717, 1.165) is 0 Å². The third-order valence-corrected chi connectivity index (χ3v) is 5.70. The quantitative estimate of drug-likeness (QED) is 0.545. The zero-order chi connectivity index (χ0) is 19.7. The van der Waals surface area contributed by atoms with Gasteiger partial charge in [-0.2, -0.15) is 0 Å². The molecule has 3 rings (SSSR count). The van der Waals surface area contributed by atoms with Crippen LogP contribution in [0, 0.1) is 0 Å². The fraction of sp³-hybridized carbons (Fsp3) is 0.278. The summed E-state index contributed by atoms with van der Waals surface area (Å²) in [6.45, 7) is 1.77. The standard InChI is InChI=1S/C18H19N3O5S/c1-2-3-10-8-27-17-13(16(24)21(17)14(10)18(25)26)20-15(23)12(19)9-4-6-11(22)7-5-9/h2-7,12-13,17,22H,8,19H2,1H3,(H,20,23)(H,25,26)/t12-,13?,17-/m1/s1. The predicted octanol–water partition coefficient (Wildman–Crippen LogP) is 0.707. The summed E-state index contributed by atoms with van der Waals surface area (Å²) in [7, 11) is 0. The Hall–Kier alpha value is -2.78. The Morgan fingerprint density at radius 3 is 2.63 bits per heavy atom. The maximum Gasteiger partial charge on any atom is 0.352 e. The summed E-state index contributed by atoms with van der Waals surface area (Å²) in [4.78, 5) is 37.7. The molecule has 1 unspecified atom stereocenters. The van der Waals surface area contributed by atoms with E-state index in [4.69, 9.17) is 5.73 Å². The predicted molar refractivity (Wildman–Crippen MR) is 99.5 cm³/mol. The minimum atomic E-state index is -1.17. The number of rotatable bonds is 5. The number of fused-ring (bicyclic) bond motifs is 1. The van der Waals surface area contributed by atoms with Crippen molar-refractivity contribution in [3.8, 4) is 5.75 Å². The van der Waals surface area contributed by atoms with Crippen molar-refractivity contribution in [3.63, 3.8) is 0 Å². The number of phenols is 1. The first kappa shape index (κ1) is 19.0. The molecule has 8 nitrogen and oxygen atoms in total. The van der Waals surface area contributed by atoms with Gasteiger partial charge in [0.25, 0.3) is 5.91 Å². The number of hydrogen-bond acceptors (Lipinski definition) is 6. The van der Waals surface area contributed by atoms with Gasteiger partial charge in [-0.05, 0) is 30.2 Å². The number of nitrogens with zero attached hydrogens (tertiary/aromatic N) is 1. The van der Waals surface area contributed by atoms with E-state index < -0.39 is 35.2 Å². The fourth-order valence-corrected chi connectivity index (χ4v) is 4.37. The van der Waals surface area contributed by atoms with Crippen LogP contribution in [-0.2, 0) is 14.4 Å². The maximum absolute atomic E-state index is 12.5. The van der Waals surface area contributed by atoms with Crippen molar-refractivity contribution in [2.24, 2.45) is 5.73 Å². The number of aromatic hydroxyl groups is 1. The molecule has 2 aliphatic heterocycles. The molecule has 0 radical (unpaired) electrons. The number of nitrogens with one attached hydrogen (secondary N) is 1. The molecular formula is C18H19N3O5S. The number of aliphatic carboxylic acids is 1. The van der Waals surface area contributed by atoms with Crippen LogP contribution in [0.5, 0.6) is 5.75 Å². The molecule has 1 fully saturated rings. The highest BCUT2D eigenvalue weighted by molar-refractivity contribution is 8.00. The van der Waals surface area contributed by atoms with Crippen LogP contribution in [0.15, 0.2) is 47.7 Å². The van der Waals surface area contributed by atoms with Crippen LogP contribution in [0.1, 0.15) is 18.5 Å². The summed E-state index contributed by atoms with van der Waals surface area (Å²) in [5.74, 6) is -1.71. The number of hydrogen-bond donors (Lipinski definition) is 4. The van der Waals surface area contributed by atoms with Crippen molar-refractivity contribution >= 4 is 29.5 Å². The highest BCUT2D eigenvalue weighted by atomic mass is 32.2. The van der Waals surface area contributed by atoms with E-state index in [1.807, 2.05) is 0 Å². The Morgan fingerprint density at radius 1 is 1.37 bits per heavy atom. The number of carboxylic acids is 1. The molecule has 5 N–H and O–H groups in total. The lowest BCUT2D eigenvalue weighted by atomic mass is 10.0. The van der Waals surface area contributed by atoms with Crippen LogP contribution in [0.3, 0.4) is 0 Å². The zero-order valence-electron chi connectivity index (χ0n) is 14.5. The molecule has 0 saturated carbocycles. The van der Waals surface area contributed by atoms with E-state index in [1.165, 1.54) is 40.9 Å². The molecule has 27 heavy (non-hydrogen) atoms. The molecule has 2 heterocycles. The average Bonchev–Trinajstić information content (AvgIpc) is 2.65. The molecule has 0 aliphatic carbocycles. The largest absolute Gasteiger partial charge is 0.508 e. The van der Waals surface area contributed by atoms with Crippen molar-refractivity contribution in [1.82, 2.24) is 10.2 Å². The zero-order valence-corrected chi connectivity index (χ0v) is 15.3. The van der Waals surface area contributed by atoms with E-state index in [0.29, 0.717) is 16.9 Å². The molecular weight excluding hydrogens is 370 g/mol. The summed E-state index contributed by atoms with van der Waals surface area (Å²) >= 11 is 1.39. The number of amides is 2. The van der Waals surface area contributed by atoms with Gasteiger partial charge in [-0.3, -0.25) is 14.5 Å². The second-order valence-electron chi connectivity index (χ2n) is 6.14. The molecule has 2 amide bonds. The topological polar surface area (TPSA) is 133 Å². The molecule has 1 aromatic carbocycles. The van der Waals surface area contributed by atoms with Crippen molar-refractivity contribution in [2.45, 2.75) is 24.4 Å². The summed E-state index contributed by atoms with van der Waals surface area (Å²) in [6.07, 6.45) is 3.39. The van der Waals surface area contributed by atoms with Crippen LogP contribution < -0.4 is 11.1 Å². The van der Waals surface area contributed by atoms with E-state index in [2.05, 4.69) is 5.32 Å². The van der Waals surface area contributed by atoms with E-state index in [-0.39, 0.29) is 11.4 Å². The van der Waals surface area contributed by atoms with Crippen LogP contribution in [0.4, 0.5) is 0 Å². The Kier molecular flexibility index (Phi) is 5.24. The smallest absolute Gasteiger partial charge is 0.352 e. The van der Waals surface area contributed by atoms with Gasteiger partial charge in [0.05, 0.1) is 0 Å². The highest BCUT2D eigenvalue weighted by Gasteiger charge is 2.54. The Labute approximate surface area is 159 Å². The third kappa shape index (κ3) is 3.43. The number of thioether (sulfide) groups is 1. The van der Waals surface area contributed by atoms with Crippen molar-refractivity contribution in [2.75, 3.05) is 5.75 Å².